The number of benzene rings is 1. The van der Waals surface area contributed by atoms with Crippen LogP contribution in [0.5, 0.6) is 0 Å². The van der Waals surface area contributed by atoms with Crippen LogP contribution in [0.1, 0.15) is 25.3 Å². The number of nitrogens with zero attached hydrogens (tertiary/aromatic N) is 1. The van der Waals surface area contributed by atoms with Gasteiger partial charge in [0.2, 0.25) is 11.8 Å². The number of rotatable bonds is 2. The van der Waals surface area contributed by atoms with Crippen LogP contribution in [0.15, 0.2) is 36.4 Å². The predicted octanol–water partition coefficient (Wildman–Crippen LogP) is 2.25. The molecule has 4 nitrogen and oxygen atoms in total. The number of carbonyl (C=O) groups excluding carboxylic acids is 2. The number of carbonyl (C=O) groups is 2. The molecule has 2 fully saturated rings. The lowest BCUT2D eigenvalue weighted by molar-refractivity contribution is -0.124. The number of fused-ring (bicyclic) bond motifs is 5. The van der Waals surface area contributed by atoms with Crippen LogP contribution >= 0.6 is 0 Å². The highest BCUT2D eigenvalue weighted by Gasteiger charge is 2.60. The van der Waals surface area contributed by atoms with Gasteiger partial charge >= 0.3 is 0 Å². The van der Waals surface area contributed by atoms with Gasteiger partial charge in [-0.05, 0) is 23.6 Å². The molecule has 1 aromatic rings. The highest BCUT2D eigenvalue weighted by molar-refractivity contribution is 6.23. The van der Waals surface area contributed by atoms with E-state index in [-0.39, 0.29) is 35.9 Å². The maximum atomic E-state index is 12.6. The van der Waals surface area contributed by atoms with Crippen LogP contribution < -0.4 is 4.90 Å². The molecular weight excluding hydrogens is 266 g/mol. The summed E-state index contributed by atoms with van der Waals surface area (Å²) in [4.78, 5) is 26.5. The number of anilines is 1. The maximum absolute atomic E-state index is 12.6. The van der Waals surface area contributed by atoms with Crippen LogP contribution in [0.2, 0.25) is 0 Å². The SMILES string of the molecule is CC(C)c1ccc(N2C(=O)[C@@H]3[C@H](C2=O)[C@H]2C=C[C@@H]3O2)cc1. The zero-order valence-electron chi connectivity index (χ0n) is 12.0. The topological polar surface area (TPSA) is 46.6 Å². The first kappa shape index (κ1) is 12.8. The second-order valence-electron chi connectivity index (χ2n) is 6.26. The summed E-state index contributed by atoms with van der Waals surface area (Å²) >= 11 is 0. The van der Waals surface area contributed by atoms with Crippen molar-refractivity contribution in [1.82, 2.24) is 0 Å². The molecule has 21 heavy (non-hydrogen) atoms. The zero-order chi connectivity index (χ0) is 14.7. The van der Waals surface area contributed by atoms with Gasteiger partial charge in [0.1, 0.15) is 0 Å². The fraction of sp³-hybridized carbons (Fsp3) is 0.412. The molecule has 2 saturated heterocycles. The highest BCUT2D eigenvalue weighted by Crippen LogP contribution is 2.46. The van der Waals surface area contributed by atoms with Crippen molar-refractivity contribution < 1.29 is 14.3 Å². The predicted molar refractivity (Wildman–Crippen MR) is 77.8 cm³/mol. The van der Waals surface area contributed by atoms with Crippen molar-refractivity contribution >= 4 is 17.5 Å². The molecule has 108 valence electrons. The third-order valence-electron chi connectivity index (χ3n) is 4.73. The summed E-state index contributed by atoms with van der Waals surface area (Å²) in [6.45, 7) is 4.23. The van der Waals surface area contributed by atoms with E-state index in [9.17, 15) is 9.59 Å². The lowest BCUT2D eigenvalue weighted by Gasteiger charge is -2.18. The van der Waals surface area contributed by atoms with Crippen LogP contribution in [0, 0.1) is 11.8 Å². The molecule has 0 N–H and O–H groups in total. The summed E-state index contributed by atoms with van der Waals surface area (Å²) in [6.07, 6.45) is 3.36. The second-order valence-corrected chi connectivity index (χ2v) is 6.26. The van der Waals surface area contributed by atoms with Crippen molar-refractivity contribution in [3.63, 3.8) is 0 Å². The van der Waals surface area contributed by atoms with E-state index in [4.69, 9.17) is 4.74 Å². The van der Waals surface area contributed by atoms with Gasteiger partial charge in [0, 0.05) is 0 Å². The molecule has 3 aliphatic rings. The third-order valence-corrected chi connectivity index (χ3v) is 4.73. The Balaban J connectivity index is 1.68. The summed E-state index contributed by atoms with van der Waals surface area (Å²) in [5, 5.41) is 0. The summed E-state index contributed by atoms with van der Waals surface area (Å²) in [5.41, 5.74) is 1.87. The molecule has 0 aromatic heterocycles. The Hall–Kier alpha value is -1.94. The first-order chi connectivity index (χ1) is 10.1. The number of amides is 2. The van der Waals surface area contributed by atoms with Gasteiger partial charge in [0.25, 0.3) is 0 Å². The van der Waals surface area contributed by atoms with Crippen molar-refractivity contribution in [3.05, 3.63) is 42.0 Å². The summed E-state index contributed by atoms with van der Waals surface area (Å²) in [7, 11) is 0. The lowest BCUT2D eigenvalue weighted by Crippen LogP contribution is -2.34. The summed E-state index contributed by atoms with van der Waals surface area (Å²) in [6, 6.07) is 7.70. The first-order valence-corrected chi connectivity index (χ1v) is 7.39. The van der Waals surface area contributed by atoms with Crippen LogP contribution in [-0.2, 0) is 14.3 Å². The van der Waals surface area contributed by atoms with E-state index in [1.807, 2.05) is 36.4 Å². The molecule has 4 heteroatoms. The first-order valence-electron chi connectivity index (χ1n) is 7.39. The lowest BCUT2D eigenvalue weighted by atomic mass is 9.85. The molecule has 0 radical (unpaired) electrons. The Morgan fingerprint density at radius 2 is 1.48 bits per heavy atom. The second kappa shape index (κ2) is 4.28. The van der Waals surface area contributed by atoms with E-state index in [1.54, 1.807) is 0 Å². The monoisotopic (exact) mass is 283 g/mol. The van der Waals surface area contributed by atoms with Crippen molar-refractivity contribution in [1.29, 1.82) is 0 Å². The zero-order valence-corrected chi connectivity index (χ0v) is 12.0. The smallest absolute Gasteiger partial charge is 0.240 e. The minimum absolute atomic E-state index is 0.126. The Labute approximate surface area is 123 Å². The highest BCUT2D eigenvalue weighted by atomic mass is 16.5. The Morgan fingerprint density at radius 3 is 1.95 bits per heavy atom. The maximum Gasteiger partial charge on any atom is 0.240 e. The van der Waals surface area contributed by atoms with Gasteiger partial charge < -0.3 is 4.74 Å². The molecule has 4 rings (SSSR count). The van der Waals surface area contributed by atoms with Gasteiger partial charge in [-0.1, -0.05) is 38.1 Å². The minimum Gasteiger partial charge on any atom is -0.365 e. The molecule has 4 atom stereocenters. The van der Waals surface area contributed by atoms with Crippen molar-refractivity contribution in [2.24, 2.45) is 11.8 Å². The molecule has 1 aromatic carbocycles. The minimum atomic E-state index is -0.336. The van der Waals surface area contributed by atoms with Gasteiger partial charge in [-0.2, -0.15) is 0 Å². The third kappa shape index (κ3) is 1.65. The standard InChI is InChI=1S/C17H17NO3/c1-9(2)10-3-5-11(6-4-10)18-16(19)14-12-7-8-13(21-12)15(14)17(18)20/h3-9,12-15H,1-2H3/t12-,13+,14-,15+. The molecule has 3 aliphatic heterocycles. The van der Waals surface area contributed by atoms with Crippen molar-refractivity contribution in [2.75, 3.05) is 4.90 Å². The number of hydrogen-bond donors (Lipinski definition) is 0. The van der Waals surface area contributed by atoms with Crippen LogP contribution in [-0.4, -0.2) is 24.0 Å². The number of imide groups is 1. The van der Waals surface area contributed by atoms with E-state index in [1.165, 1.54) is 10.5 Å². The molecule has 0 spiro atoms. The van der Waals surface area contributed by atoms with Crippen molar-refractivity contribution in [2.45, 2.75) is 32.0 Å². The van der Waals surface area contributed by atoms with E-state index >= 15 is 0 Å². The van der Waals surface area contributed by atoms with Crippen LogP contribution in [0.3, 0.4) is 0 Å². The Morgan fingerprint density at radius 1 is 0.952 bits per heavy atom. The molecule has 3 heterocycles. The fourth-order valence-electron chi connectivity index (χ4n) is 3.57. The Kier molecular flexibility index (Phi) is 2.60. The van der Waals surface area contributed by atoms with Crippen LogP contribution in [0.4, 0.5) is 5.69 Å². The summed E-state index contributed by atoms with van der Waals surface area (Å²) < 4.78 is 5.64. The van der Waals surface area contributed by atoms with Gasteiger partial charge in [-0.25, -0.2) is 4.90 Å². The molecule has 2 amide bonds. The number of ether oxygens (including phenoxy) is 1. The molecular formula is C17H17NO3. The van der Waals surface area contributed by atoms with E-state index < -0.39 is 0 Å². The van der Waals surface area contributed by atoms with E-state index in [2.05, 4.69) is 13.8 Å². The molecule has 2 bridgehead atoms. The van der Waals surface area contributed by atoms with Gasteiger partial charge in [0.15, 0.2) is 0 Å². The average Bonchev–Trinajstić information content (AvgIpc) is 3.13. The molecule has 0 unspecified atom stereocenters. The van der Waals surface area contributed by atoms with Gasteiger partial charge in [-0.3, -0.25) is 9.59 Å². The molecule has 0 saturated carbocycles. The summed E-state index contributed by atoms with van der Waals surface area (Å²) in [5.74, 6) is -0.496. The van der Waals surface area contributed by atoms with E-state index in [0.717, 1.165) is 0 Å². The molecule has 0 aliphatic carbocycles. The quantitative estimate of drug-likeness (QED) is 0.618. The normalized spacial score (nSPS) is 33.4. The fourth-order valence-corrected chi connectivity index (χ4v) is 3.57. The number of hydrogen-bond acceptors (Lipinski definition) is 3. The van der Waals surface area contributed by atoms with Gasteiger partial charge in [0.05, 0.1) is 29.7 Å². The van der Waals surface area contributed by atoms with Crippen molar-refractivity contribution in [3.8, 4) is 0 Å². The van der Waals surface area contributed by atoms with Gasteiger partial charge in [-0.15, -0.1) is 0 Å². The Bertz CT molecular complexity index is 617. The van der Waals surface area contributed by atoms with Crippen LogP contribution in [0.25, 0.3) is 0 Å². The average molecular weight is 283 g/mol. The van der Waals surface area contributed by atoms with E-state index in [0.29, 0.717) is 11.6 Å². The largest absolute Gasteiger partial charge is 0.365 e.